The highest BCUT2D eigenvalue weighted by Crippen LogP contribution is 2.29. The SMILES string of the molecule is Cc1ccc(N(C(=O)c2ccco2)C2CCN(Cc3ccccc3)CC2)c(C)c1. The molecule has 4 nitrogen and oxygen atoms in total. The van der Waals surface area contributed by atoms with Gasteiger partial charge in [-0.15, -0.1) is 0 Å². The van der Waals surface area contributed by atoms with Crippen LogP contribution in [0.3, 0.4) is 0 Å². The van der Waals surface area contributed by atoms with Crippen LogP contribution in [0.4, 0.5) is 5.69 Å². The number of piperidine rings is 1. The van der Waals surface area contributed by atoms with Crippen molar-refractivity contribution in [3.8, 4) is 0 Å². The molecular formula is C25H28N2O2. The Bertz CT molecular complexity index is 942. The maximum Gasteiger partial charge on any atom is 0.294 e. The summed E-state index contributed by atoms with van der Waals surface area (Å²) in [5.74, 6) is 0.347. The van der Waals surface area contributed by atoms with Gasteiger partial charge in [-0.1, -0.05) is 48.0 Å². The first-order valence-corrected chi connectivity index (χ1v) is 10.3. The molecule has 1 amide bonds. The smallest absolute Gasteiger partial charge is 0.294 e. The number of hydrogen-bond donors (Lipinski definition) is 0. The largest absolute Gasteiger partial charge is 0.459 e. The Kier molecular flexibility index (Phi) is 5.81. The van der Waals surface area contributed by atoms with Crippen LogP contribution in [0, 0.1) is 13.8 Å². The summed E-state index contributed by atoms with van der Waals surface area (Å²) in [6.45, 7) is 7.08. The molecule has 0 radical (unpaired) electrons. The van der Waals surface area contributed by atoms with Gasteiger partial charge in [-0.25, -0.2) is 0 Å². The first kappa shape index (κ1) is 19.5. The van der Waals surface area contributed by atoms with E-state index in [9.17, 15) is 4.79 Å². The molecule has 0 bridgehead atoms. The second-order valence-electron chi connectivity index (χ2n) is 7.94. The highest BCUT2D eigenvalue weighted by atomic mass is 16.3. The van der Waals surface area contributed by atoms with Gasteiger partial charge in [-0.2, -0.15) is 0 Å². The topological polar surface area (TPSA) is 36.7 Å². The summed E-state index contributed by atoms with van der Waals surface area (Å²) in [7, 11) is 0. The summed E-state index contributed by atoms with van der Waals surface area (Å²) in [5, 5.41) is 0. The molecule has 0 atom stereocenters. The molecule has 0 N–H and O–H groups in total. The van der Waals surface area contributed by atoms with Crippen LogP contribution in [0.5, 0.6) is 0 Å². The number of carbonyl (C=O) groups is 1. The molecule has 0 unspecified atom stereocenters. The van der Waals surface area contributed by atoms with Crippen LogP contribution in [-0.2, 0) is 6.54 Å². The van der Waals surface area contributed by atoms with E-state index in [4.69, 9.17) is 4.42 Å². The van der Waals surface area contributed by atoms with Gasteiger partial charge in [0.05, 0.1) is 6.26 Å². The molecule has 0 saturated carbocycles. The van der Waals surface area contributed by atoms with Crippen LogP contribution < -0.4 is 4.90 Å². The van der Waals surface area contributed by atoms with Gasteiger partial charge in [-0.05, 0) is 56.0 Å². The maximum absolute atomic E-state index is 13.3. The van der Waals surface area contributed by atoms with Crippen molar-refractivity contribution >= 4 is 11.6 Å². The lowest BCUT2D eigenvalue weighted by atomic mass is 9.99. The lowest BCUT2D eigenvalue weighted by Gasteiger charge is -2.39. The first-order valence-electron chi connectivity index (χ1n) is 10.3. The lowest BCUT2D eigenvalue weighted by molar-refractivity contribution is 0.0931. The molecular weight excluding hydrogens is 360 g/mol. The highest BCUT2D eigenvalue weighted by Gasteiger charge is 2.31. The quantitative estimate of drug-likeness (QED) is 0.602. The Morgan fingerprint density at radius 1 is 1.03 bits per heavy atom. The minimum atomic E-state index is -0.0523. The molecule has 1 aromatic heterocycles. The zero-order valence-electron chi connectivity index (χ0n) is 17.2. The molecule has 0 spiro atoms. The monoisotopic (exact) mass is 388 g/mol. The van der Waals surface area contributed by atoms with Gasteiger partial charge in [0.1, 0.15) is 0 Å². The Balaban J connectivity index is 1.53. The zero-order valence-corrected chi connectivity index (χ0v) is 17.2. The van der Waals surface area contributed by atoms with Gasteiger partial charge in [0.25, 0.3) is 5.91 Å². The van der Waals surface area contributed by atoms with E-state index in [1.165, 1.54) is 11.1 Å². The van der Waals surface area contributed by atoms with Gasteiger partial charge in [0.2, 0.25) is 0 Å². The van der Waals surface area contributed by atoms with Crippen LogP contribution in [0.1, 0.15) is 40.1 Å². The summed E-state index contributed by atoms with van der Waals surface area (Å²) < 4.78 is 5.45. The number of aryl methyl sites for hydroxylation is 2. The minimum Gasteiger partial charge on any atom is -0.459 e. The summed E-state index contributed by atoms with van der Waals surface area (Å²) >= 11 is 0. The second kappa shape index (κ2) is 8.66. The highest BCUT2D eigenvalue weighted by molar-refractivity contribution is 6.05. The van der Waals surface area contributed by atoms with Crippen molar-refractivity contribution in [2.45, 2.75) is 39.3 Å². The molecule has 2 heterocycles. The number of anilines is 1. The van der Waals surface area contributed by atoms with E-state index in [1.54, 1.807) is 18.4 Å². The zero-order chi connectivity index (χ0) is 20.2. The van der Waals surface area contributed by atoms with Gasteiger partial charge in [-0.3, -0.25) is 9.69 Å². The normalized spacial score (nSPS) is 15.4. The van der Waals surface area contributed by atoms with Crippen LogP contribution in [0.25, 0.3) is 0 Å². The molecule has 0 aliphatic carbocycles. The Labute approximate surface area is 172 Å². The van der Waals surface area contributed by atoms with Crippen molar-refractivity contribution < 1.29 is 9.21 Å². The number of benzene rings is 2. The third-order valence-electron chi connectivity index (χ3n) is 5.73. The number of likely N-dealkylation sites (tertiary alicyclic amines) is 1. The average Bonchev–Trinajstić information content (AvgIpc) is 3.27. The molecule has 1 saturated heterocycles. The number of hydrogen-bond acceptors (Lipinski definition) is 3. The van der Waals surface area contributed by atoms with Crippen molar-refractivity contribution in [3.63, 3.8) is 0 Å². The summed E-state index contributed by atoms with van der Waals surface area (Å²) in [6, 6.07) is 20.6. The fourth-order valence-electron chi connectivity index (χ4n) is 4.24. The lowest BCUT2D eigenvalue weighted by Crippen LogP contribution is -2.47. The first-order chi connectivity index (χ1) is 14.1. The number of amides is 1. The molecule has 1 aliphatic rings. The van der Waals surface area contributed by atoms with Gasteiger partial charge in [0.15, 0.2) is 5.76 Å². The molecule has 1 aliphatic heterocycles. The number of nitrogens with zero attached hydrogens (tertiary/aromatic N) is 2. The van der Waals surface area contributed by atoms with Crippen molar-refractivity contribution in [3.05, 3.63) is 89.4 Å². The van der Waals surface area contributed by atoms with Crippen molar-refractivity contribution in [2.75, 3.05) is 18.0 Å². The van der Waals surface area contributed by atoms with Crippen LogP contribution >= 0.6 is 0 Å². The van der Waals surface area contributed by atoms with Crippen LogP contribution in [0.15, 0.2) is 71.3 Å². The van der Waals surface area contributed by atoms with E-state index in [0.29, 0.717) is 5.76 Å². The standard InChI is InChI=1S/C25H28N2O2/c1-19-10-11-23(20(2)17-19)27(25(28)24-9-6-16-29-24)22-12-14-26(15-13-22)18-21-7-4-3-5-8-21/h3-11,16-17,22H,12-15,18H2,1-2H3. The average molecular weight is 389 g/mol. The third-order valence-corrected chi connectivity index (χ3v) is 5.73. The Morgan fingerprint density at radius 2 is 1.79 bits per heavy atom. The fraction of sp³-hybridized carbons (Fsp3) is 0.320. The van der Waals surface area contributed by atoms with Crippen LogP contribution in [-0.4, -0.2) is 29.9 Å². The van der Waals surface area contributed by atoms with E-state index < -0.39 is 0 Å². The van der Waals surface area contributed by atoms with Crippen molar-refractivity contribution in [2.24, 2.45) is 0 Å². The van der Waals surface area contributed by atoms with E-state index in [0.717, 1.165) is 43.7 Å². The number of rotatable bonds is 5. The maximum atomic E-state index is 13.3. The molecule has 2 aromatic carbocycles. The predicted molar refractivity (Wildman–Crippen MR) is 116 cm³/mol. The number of carbonyl (C=O) groups excluding carboxylic acids is 1. The molecule has 1 fully saturated rings. The molecule has 29 heavy (non-hydrogen) atoms. The van der Waals surface area contributed by atoms with Gasteiger partial charge < -0.3 is 9.32 Å². The number of furan rings is 1. The van der Waals surface area contributed by atoms with E-state index in [-0.39, 0.29) is 11.9 Å². The van der Waals surface area contributed by atoms with Crippen molar-refractivity contribution in [1.29, 1.82) is 0 Å². The second-order valence-corrected chi connectivity index (χ2v) is 7.94. The van der Waals surface area contributed by atoms with Crippen molar-refractivity contribution in [1.82, 2.24) is 4.90 Å². The Hall–Kier alpha value is -2.85. The summed E-state index contributed by atoms with van der Waals surface area (Å²) in [5.41, 5.74) is 4.65. The minimum absolute atomic E-state index is 0.0523. The molecule has 4 heteroatoms. The molecule has 150 valence electrons. The molecule has 4 rings (SSSR count). The van der Waals surface area contributed by atoms with Gasteiger partial charge in [0, 0.05) is 31.4 Å². The van der Waals surface area contributed by atoms with Gasteiger partial charge >= 0.3 is 0 Å². The summed E-state index contributed by atoms with van der Waals surface area (Å²) in [6.07, 6.45) is 3.47. The van der Waals surface area contributed by atoms with Crippen LogP contribution in [0.2, 0.25) is 0 Å². The Morgan fingerprint density at radius 3 is 2.45 bits per heavy atom. The third kappa shape index (κ3) is 4.43. The molecule has 3 aromatic rings. The van der Waals surface area contributed by atoms with E-state index in [1.807, 2.05) is 4.90 Å². The van der Waals surface area contributed by atoms with E-state index in [2.05, 4.69) is 67.3 Å². The van der Waals surface area contributed by atoms with E-state index >= 15 is 0 Å². The fourth-order valence-corrected chi connectivity index (χ4v) is 4.24. The predicted octanol–water partition coefficient (Wildman–Crippen LogP) is 5.21. The summed E-state index contributed by atoms with van der Waals surface area (Å²) in [4.78, 5) is 17.8.